The fourth-order valence-electron chi connectivity index (χ4n) is 3.94. The molecule has 3 aromatic rings. The van der Waals surface area contributed by atoms with Gasteiger partial charge in [-0.05, 0) is 34.8 Å². The van der Waals surface area contributed by atoms with E-state index in [1.165, 1.54) is 18.0 Å². The van der Waals surface area contributed by atoms with Crippen LogP contribution in [0.5, 0.6) is 0 Å². The highest BCUT2D eigenvalue weighted by molar-refractivity contribution is 7.98. The zero-order valence-electron chi connectivity index (χ0n) is 19.6. The third-order valence-electron chi connectivity index (χ3n) is 5.72. The van der Waals surface area contributed by atoms with E-state index >= 15 is 0 Å². The van der Waals surface area contributed by atoms with E-state index in [2.05, 4.69) is 22.3 Å². The van der Waals surface area contributed by atoms with Crippen molar-refractivity contribution in [2.75, 3.05) is 13.7 Å². The lowest BCUT2D eigenvalue weighted by atomic mass is 9.94. The van der Waals surface area contributed by atoms with Crippen LogP contribution in [0.2, 0.25) is 0 Å². The van der Waals surface area contributed by atoms with E-state index in [9.17, 15) is 5.26 Å². The van der Waals surface area contributed by atoms with Gasteiger partial charge in [0.25, 0.3) is 11.1 Å². The van der Waals surface area contributed by atoms with E-state index < -0.39 is 0 Å². The Morgan fingerprint density at radius 3 is 2.75 bits per heavy atom. The number of nitriles is 1. The maximum absolute atomic E-state index is 9.34. The van der Waals surface area contributed by atoms with Crippen LogP contribution in [-0.2, 0) is 20.0 Å². The summed E-state index contributed by atoms with van der Waals surface area (Å²) in [4.78, 5) is 0. The molecule has 0 saturated carbocycles. The van der Waals surface area contributed by atoms with Gasteiger partial charge in [-0.25, -0.2) is 0 Å². The first kappa shape index (κ1) is 23.7. The second kappa shape index (κ2) is 11.1. The Balaban J connectivity index is 1.19. The van der Waals surface area contributed by atoms with Gasteiger partial charge in [0.15, 0.2) is 5.76 Å². The Hall–Kier alpha value is -4.06. The van der Waals surface area contributed by atoms with Gasteiger partial charge in [-0.15, -0.1) is 10.2 Å². The van der Waals surface area contributed by atoms with Crippen LogP contribution in [0.1, 0.15) is 23.4 Å². The number of rotatable bonds is 8. The number of methoxy groups -OCH3 is 1. The molecule has 1 aliphatic heterocycles. The van der Waals surface area contributed by atoms with Gasteiger partial charge in [-0.3, -0.25) is 0 Å². The Morgan fingerprint density at radius 1 is 1.08 bits per heavy atom. The summed E-state index contributed by atoms with van der Waals surface area (Å²) in [7, 11) is 1.70. The predicted octanol–water partition coefficient (Wildman–Crippen LogP) is 6.24. The second-order valence-electron chi connectivity index (χ2n) is 8.21. The molecule has 0 saturated heterocycles. The molecule has 0 N–H and O–H groups in total. The maximum Gasteiger partial charge on any atom is 0.287 e. The van der Waals surface area contributed by atoms with Crippen molar-refractivity contribution in [3.63, 3.8) is 0 Å². The topological polar surface area (TPSA) is 90.4 Å². The monoisotopic (exact) mass is 497 g/mol. The number of allylic oxidation sites excluding steroid dienone is 3. The van der Waals surface area contributed by atoms with Crippen molar-refractivity contribution < 1.29 is 18.6 Å². The molecule has 180 valence electrons. The molecular weight excluding hydrogens is 474 g/mol. The average Bonchev–Trinajstić information content (AvgIpc) is 3.42. The van der Waals surface area contributed by atoms with Crippen LogP contribution < -0.4 is 0 Å². The van der Waals surface area contributed by atoms with Crippen LogP contribution in [0, 0.1) is 17.2 Å². The number of hydrogen-bond donors (Lipinski definition) is 0. The minimum absolute atomic E-state index is 0.256. The first-order valence-corrected chi connectivity index (χ1v) is 12.4. The van der Waals surface area contributed by atoms with Gasteiger partial charge in [0.1, 0.15) is 12.5 Å². The average molecular weight is 498 g/mol. The van der Waals surface area contributed by atoms with Crippen molar-refractivity contribution in [2.24, 2.45) is 5.92 Å². The largest absolute Gasteiger partial charge is 0.465 e. The summed E-state index contributed by atoms with van der Waals surface area (Å²) in [5.74, 6) is 2.18. The first-order chi connectivity index (χ1) is 17.7. The summed E-state index contributed by atoms with van der Waals surface area (Å²) in [6, 6.07) is 17.9. The molecule has 0 bridgehead atoms. The van der Waals surface area contributed by atoms with Crippen LogP contribution >= 0.6 is 11.8 Å². The van der Waals surface area contributed by atoms with Crippen LogP contribution in [0.15, 0.2) is 100 Å². The quantitative estimate of drug-likeness (QED) is 0.338. The summed E-state index contributed by atoms with van der Waals surface area (Å²) >= 11 is 1.44. The molecule has 1 aromatic heterocycles. The molecule has 0 spiro atoms. The lowest BCUT2D eigenvalue weighted by Crippen LogP contribution is -2.12. The summed E-state index contributed by atoms with van der Waals surface area (Å²) in [6.07, 6.45) is 9.94. The Morgan fingerprint density at radius 2 is 1.92 bits per heavy atom. The smallest absolute Gasteiger partial charge is 0.287 e. The molecule has 1 aliphatic carbocycles. The molecule has 1 unspecified atom stereocenters. The number of ether oxygens (including phenoxy) is 3. The second-order valence-corrected chi connectivity index (χ2v) is 9.14. The third-order valence-corrected chi connectivity index (χ3v) is 6.61. The number of nitrogens with zero attached hydrogens (tertiary/aromatic N) is 3. The van der Waals surface area contributed by atoms with Crippen LogP contribution in [-0.4, -0.2) is 23.9 Å². The minimum atomic E-state index is 0.256. The van der Waals surface area contributed by atoms with Crippen LogP contribution in [0.4, 0.5) is 0 Å². The fraction of sp³-hybridized carbons (Fsp3) is 0.179. The number of thioether (sulfide) groups is 1. The standard InChI is InChI=1S/C28H23N3O4S/c1-32-15-20-5-4-7-22(13-20)25-16-33-17-26(34-25)27-30-31-28(35-27)36-18-19-9-11-21(12-10-19)24-8-3-2-6-23(24)14-29/h2-12,16-17,20H,13,15,18H2,1H3. The van der Waals surface area contributed by atoms with E-state index in [1.807, 2.05) is 60.7 Å². The molecule has 2 heterocycles. The summed E-state index contributed by atoms with van der Waals surface area (Å²) in [6.45, 7) is 0.644. The van der Waals surface area contributed by atoms with E-state index in [1.54, 1.807) is 13.4 Å². The third kappa shape index (κ3) is 5.43. The highest BCUT2D eigenvalue weighted by atomic mass is 32.2. The molecule has 5 rings (SSSR count). The highest BCUT2D eigenvalue weighted by Crippen LogP contribution is 2.33. The van der Waals surface area contributed by atoms with Gasteiger partial charge >= 0.3 is 0 Å². The predicted molar refractivity (Wildman–Crippen MR) is 136 cm³/mol. The normalized spacial score (nSPS) is 16.8. The minimum Gasteiger partial charge on any atom is -0.465 e. The Labute approximate surface area is 213 Å². The fourth-order valence-corrected chi connectivity index (χ4v) is 4.66. The van der Waals surface area contributed by atoms with E-state index in [0.29, 0.717) is 34.7 Å². The number of hydrogen-bond acceptors (Lipinski definition) is 8. The molecular formula is C28H23N3O4S. The molecule has 2 aromatic carbocycles. The summed E-state index contributed by atoms with van der Waals surface area (Å²) in [5, 5.41) is 18.0. The zero-order chi connectivity index (χ0) is 24.7. The molecule has 0 amide bonds. The summed E-state index contributed by atoms with van der Waals surface area (Å²) < 4.78 is 22.6. The van der Waals surface area contributed by atoms with Gasteiger partial charge in [-0.1, -0.05) is 72.5 Å². The Kier molecular flexibility index (Phi) is 7.31. The molecule has 7 nitrogen and oxygen atoms in total. The molecule has 36 heavy (non-hydrogen) atoms. The van der Waals surface area contributed by atoms with E-state index in [-0.39, 0.29) is 11.8 Å². The maximum atomic E-state index is 9.34. The van der Waals surface area contributed by atoms with Crippen molar-refractivity contribution in [1.82, 2.24) is 10.2 Å². The van der Waals surface area contributed by atoms with Gasteiger partial charge in [0.2, 0.25) is 5.76 Å². The van der Waals surface area contributed by atoms with Crippen LogP contribution in [0.3, 0.4) is 0 Å². The van der Waals surface area contributed by atoms with Crippen LogP contribution in [0.25, 0.3) is 16.9 Å². The van der Waals surface area contributed by atoms with Gasteiger partial charge in [-0.2, -0.15) is 5.26 Å². The van der Waals surface area contributed by atoms with Crippen molar-refractivity contribution >= 4 is 17.5 Å². The van der Waals surface area contributed by atoms with Gasteiger partial charge in [0, 0.05) is 18.8 Å². The molecule has 0 radical (unpaired) electrons. The summed E-state index contributed by atoms with van der Waals surface area (Å²) in [5.41, 5.74) is 4.70. The SMILES string of the molecule is COCC1C=CC=C(C2=COC=C(c3nnc(SCc4ccc(-c5ccccc5C#N)cc4)o3)O2)C1. The number of benzene rings is 2. The van der Waals surface area contributed by atoms with E-state index in [0.717, 1.165) is 28.7 Å². The highest BCUT2D eigenvalue weighted by Gasteiger charge is 2.23. The van der Waals surface area contributed by atoms with Gasteiger partial charge in [0.05, 0.1) is 18.2 Å². The van der Waals surface area contributed by atoms with Gasteiger partial charge < -0.3 is 18.6 Å². The molecule has 8 heteroatoms. The van der Waals surface area contributed by atoms with E-state index in [4.69, 9.17) is 18.6 Å². The first-order valence-electron chi connectivity index (χ1n) is 11.4. The number of aromatic nitrogens is 2. The van der Waals surface area contributed by atoms with Crippen molar-refractivity contribution in [3.8, 4) is 17.2 Å². The molecule has 0 fully saturated rings. The van der Waals surface area contributed by atoms with Crippen molar-refractivity contribution in [1.29, 1.82) is 5.26 Å². The van der Waals surface area contributed by atoms with Crippen molar-refractivity contribution in [2.45, 2.75) is 17.4 Å². The molecule has 2 aliphatic rings. The Bertz CT molecular complexity index is 1400. The van der Waals surface area contributed by atoms with Crippen molar-refractivity contribution in [3.05, 3.63) is 108 Å². The lowest BCUT2D eigenvalue weighted by molar-refractivity contribution is 0.168. The molecule has 1 atom stereocenters. The lowest BCUT2D eigenvalue weighted by Gasteiger charge is -2.21. The zero-order valence-corrected chi connectivity index (χ0v) is 20.4.